The third-order valence-electron chi connectivity index (χ3n) is 2.44. The molecule has 0 heterocycles. The van der Waals surface area contributed by atoms with Gasteiger partial charge >= 0.3 is 5.97 Å². The quantitative estimate of drug-likeness (QED) is 0.502. The van der Waals surface area contributed by atoms with Gasteiger partial charge in [-0.2, -0.15) is 0 Å². The summed E-state index contributed by atoms with van der Waals surface area (Å²) in [7, 11) is 0. The van der Waals surface area contributed by atoms with Crippen molar-refractivity contribution in [2.24, 2.45) is 11.8 Å². The number of hydrogen-bond acceptors (Lipinski definition) is 3. The van der Waals surface area contributed by atoms with Crippen molar-refractivity contribution in [2.75, 3.05) is 12.5 Å². The van der Waals surface area contributed by atoms with E-state index >= 15 is 0 Å². The summed E-state index contributed by atoms with van der Waals surface area (Å²) in [6, 6.07) is 0. The molecule has 0 aliphatic carbocycles. The standard InChI is InChI=1S/C11H19ClO3/c1-8(2)9(3)6-10(13)4-5-15-11(14)7-12/h8-9H,4-7H2,1-3H3. The van der Waals surface area contributed by atoms with E-state index in [1.807, 2.05) is 6.92 Å². The number of alkyl halides is 1. The molecule has 0 bridgehead atoms. The zero-order valence-corrected chi connectivity index (χ0v) is 10.3. The van der Waals surface area contributed by atoms with Crippen molar-refractivity contribution in [1.29, 1.82) is 0 Å². The summed E-state index contributed by atoms with van der Waals surface area (Å²) in [5.74, 6) is 0.386. The van der Waals surface area contributed by atoms with Crippen molar-refractivity contribution >= 4 is 23.4 Å². The molecule has 0 rings (SSSR count). The van der Waals surface area contributed by atoms with E-state index in [1.54, 1.807) is 0 Å². The van der Waals surface area contributed by atoms with E-state index in [0.717, 1.165) is 0 Å². The van der Waals surface area contributed by atoms with E-state index < -0.39 is 5.97 Å². The normalized spacial score (nSPS) is 12.6. The number of Topliss-reactive ketones (excluding diaryl/α,β-unsaturated/α-hetero) is 1. The van der Waals surface area contributed by atoms with Crippen LogP contribution in [-0.2, 0) is 14.3 Å². The zero-order chi connectivity index (χ0) is 11.8. The smallest absolute Gasteiger partial charge is 0.320 e. The second-order valence-electron chi connectivity index (χ2n) is 4.07. The number of hydrogen-bond donors (Lipinski definition) is 0. The van der Waals surface area contributed by atoms with Gasteiger partial charge in [0.1, 0.15) is 11.7 Å². The van der Waals surface area contributed by atoms with E-state index in [2.05, 4.69) is 13.8 Å². The molecular formula is C11H19ClO3. The lowest BCUT2D eigenvalue weighted by molar-refractivity contribution is -0.141. The first kappa shape index (κ1) is 14.4. The molecule has 15 heavy (non-hydrogen) atoms. The Labute approximate surface area is 96.1 Å². The van der Waals surface area contributed by atoms with E-state index in [0.29, 0.717) is 24.7 Å². The van der Waals surface area contributed by atoms with Gasteiger partial charge in [0.05, 0.1) is 6.61 Å². The van der Waals surface area contributed by atoms with E-state index in [4.69, 9.17) is 16.3 Å². The first-order chi connectivity index (χ1) is 6.97. The lowest BCUT2D eigenvalue weighted by Crippen LogP contribution is -2.14. The van der Waals surface area contributed by atoms with Gasteiger partial charge < -0.3 is 4.74 Å². The van der Waals surface area contributed by atoms with Crippen molar-refractivity contribution in [2.45, 2.75) is 33.6 Å². The predicted molar refractivity (Wildman–Crippen MR) is 59.9 cm³/mol. The van der Waals surface area contributed by atoms with Crippen LogP contribution in [-0.4, -0.2) is 24.2 Å². The van der Waals surface area contributed by atoms with Crippen LogP contribution in [0.5, 0.6) is 0 Å². The Hall–Kier alpha value is -0.570. The van der Waals surface area contributed by atoms with Crippen molar-refractivity contribution in [3.05, 3.63) is 0 Å². The first-order valence-electron chi connectivity index (χ1n) is 5.20. The molecule has 0 radical (unpaired) electrons. The van der Waals surface area contributed by atoms with Crippen molar-refractivity contribution in [3.8, 4) is 0 Å². The van der Waals surface area contributed by atoms with Crippen molar-refractivity contribution < 1.29 is 14.3 Å². The topological polar surface area (TPSA) is 43.4 Å². The number of esters is 1. The van der Waals surface area contributed by atoms with Gasteiger partial charge in [0.2, 0.25) is 0 Å². The molecule has 0 aliphatic rings. The maximum atomic E-state index is 11.4. The highest BCUT2D eigenvalue weighted by molar-refractivity contribution is 6.26. The minimum Gasteiger partial charge on any atom is -0.464 e. The van der Waals surface area contributed by atoms with Crippen LogP contribution in [0, 0.1) is 11.8 Å². The molecule has 0 aromatic rings. The first-order valence-corrected chi connectivity index (χ1v) is 5.74. The molecule has 88 valence electrons. The molecule has 0 saturated carbocycles. The lowest BCUT2D eigenvalue weighted by atomic mass is 9.92. The largest absolute Gasteiger partial charge is 0.464 e. The summed E-state index contributed by atoms with van der Waals surface area (Å²) in [6.07, 6.45) is 0.843. The third kappa shape index (κ3) is 7.37. The molecular weight excluding hydrogens is 216 g/mol. The highest BCUT2D eigenvalue weighted by Crippen LogP contribution is 2.14. The number of ketones is 1. The van der Waals surface area contributed by atoms with Crippen LogP contribution in [0.3, 0.4) is 0 Å². The number of carbonyl (C=O) groups is 2. The molecule has 0 saturated heterocycles. The van der Waals surface area contributed by atoms with E-state index in [1.165, 1.54) is 0 Å². The van der Waals surface area contributed by atoms with Crippen molar-refractivity contribution in [1.82, 2.24) is 0 Å². The second kappa shape index (κ2) is 7.69. The Morgan fingerprint density at radius 3 is 2.33 bits per heavy atom. The van der Waals surface area contributed by atoms with Gasteiger partial charge in [-0.25, -0.2) is 0 Å². The summed E-state index contributed by atoms with van der Waals surface area (Å²) >= 11 is 5.23. The summed E-state index contributed by atoms with van der Waals surface area (Å²) < 4.78 is 4.71. The summed E-state index contributed by atoms with van der Waals surface area (Å²) in [5, 5.41) is 0. The average molecular weight is 235 g/mol. The van der Waals surface area contributed by atoms with Gasteiger partial charge in [-0.05, 0) is 11.8 Å². The zero-order valence-electron chi connectivity index (χ0n) is 9.59. The molecule has 0 spiro atoms. The monoisotopic (exact) mass is 234 g/mol. The fourth-order valence-corrected chi connectivity index (χ4v) is 1.09. The molecule has 1 atom stereocenters. The Morgan fingerprint density at radius 2 is 1.87 bits per heavy atom. The van der Waals surface area contributed by atoms with Crippen LogP contribution in [0.4, 0.5) is 0 Å². The summed E-state index contributed by atoms with van der Waals surface area (Å²) in [6.45, 7) is 6.37. The molecule has 1 unspecified atom stereocenters. The number of ether oxygens (including phenoxy) is 1. The third-order valence-corrected chi connectivity index (χ3v) is 2.66. The molecule has 0 aromatic heterocycles. The minimum atomic E-state index is -0.471. The lowest BCUT2D eigenvalue weighted by Gasteiger charge is -2.13. The predicted octanol–water partition coefficient (Wildman–Crippen LogP) is 2.41. The maximum absolute atomic E-state index is 11.4. The molecule has 3 nitrogen and oxygen atoms in total. The van der Waals surface area contributed by atoms with Crippen LogP contribution in [0.15, 0.2) is 0 Å². The van der Waals surface area contributed by atoms with Gasteiger partial charge in [0.15, 0.2) is 0 Å². The number of carbonyl (C=O) groups excluding carboxylic acids is 2. The van der Waals surface area contributed by atoms with Crippen LogP contribution < -0.4 is 0 Å². The van der Waals surface area contributed by atoms with Crippen LogP contribution in [0.1, 0.15) is 33.6 Å². The molecule has 0 fully saturated rings. The fourth-order valence-electron chi connectivity index (χ4n) is 1.01. The average Bonchev–Trinajstić information content (AvgIpc) is 2.17. The fraction of sp³-hybridized carbons (Fsp3) is 0.818. The Kier molecular flexibility index (Phi) is 7.39. The Bertz CT molecular complexity index is 214. The molecule has 0 N–H and O–H groups in total. The van der Waals surface area contributed by atoms with Crippen LogP contribution in [0.2, 0.25) is 0 Å². The van der Waals surface area contributed by atoms with Gasteiger partial charge in [-0.3, -0.25) is 9.59 Å². The molecule has 4 heteroatoms. The molecule has 0 aliphatic heterocycles. The molecule has 0 aromatic carbocycles. The van der Waals surface area contributed by atoms with E-state index in [9.17, 15) is 9.59 Å². The Morgan fingerprint density at radius 1 is 1.27 bits per heavy atom. The minimum absolute atomic E-state index is 0.138. The molecule has 0 amide bonds. The second-order valence-corrected chi connectivity index (χ2v) is 4.34. The van der Waals surface area contributed by atoms with Crippen molar-refractivity contribution in [3.63, 3.8) is 0 Å². The summed E-state index contributed by atoms with van der Waals surface area (Å²) in [5.41, 5.74) is 0. The Balaban J connectivity index is 3.62. The SMILES string of the molecule is CC(C)C(C)CC(=O)CCOC(=O)CCl. The van der Waals surface area contributed by atoms with Gasteiger partial charge in [-0.1, -0.05) is 20.8 Å². The van der Waals surface area contributed by atoms with Gasteiger partial charge in [0.25, 0.3) is 0 Å². The highest BCUT2D eigenvalue weighted by atomic mass is 35.5. The van der Waals surface area contributed by atoms with Crippen LogP contribution in [0.25, 0.3) is 0 Å². The van der Waals surface area contributed by atoms with Crippen LogP contribution >= 0.6 is 11.6 Å². The number of halogens is 1. The van der Waals surface area contributed by atoms with Gasteiger partial charge in [0, 0.05) is 12.8 Å². The van der Waals surface area contributed by atoms with Gasteiger partial charge in [-0.15, -0.1) is 11.6 Å². The summed E-state index contributed by atoms with van der Waals surface area (Å²) in [4.78, 5) is 22.1. The van der Waals surface area contributed by atoms with E-state index in [-0.39, 0.29) is 18.3 Å². The maximum Gasteiger partial charge on any atom is 0.320 e. The highest BCUT2D eigenvalue weighted by Gasteiger charge is 2.12. The number of rotatable bonds is 7.